The van der Waals surface area contributed by atoms with Gasteiger partial charge in [-0.05, 0) is 25.8 Å². The van der Waals surface area contributed by atoms with Crippen LogP contribution in [0.25, 0.3) is 0 Å². The van der Waals surface area contributed by atoms with Gasteiger partial charge in [0, 0.05) is 6.42 Å². The number of hydrogen-bond acceptors (Lipinski definition) is 3. The summed E-state index contributed by atoms with van der Waals surface area (Å²) in [5.74, 6) is -1.18. The van der Waals surface area contributed by atoms with Crippen molar-refractivity contribution in [3.63, 3.8) is 0 Å². The van der Waals surface area contributed by atoms with Crippen LogP contribution in [-0.4, -0.2) is 18.4 Å². The van der Waals surface area contributed by atoms with E-state index in [1.807, 2.05) is 31.2 Å². The third-order valence-electron chi connectivity index (χ3n) is 2.23. The van der Waals surface area contributed by atoms with Crippen molar-refractivity contribution in [3.8, 4) is 0 Å². The molecule has 3 nitrogen and oxygen atoms in total. The minimum Gasteiger partial charge on any atom is -0.460 e. The highest BCUT2D eigenvalue weighted by atomic mass is 16.5. The number of hydrogen-bond donors (Lipinski definition) is 0. The van der Waals surface area contributed by atoms with Crippen molar-refractivity contribution in [1.82, 2.24) is 0 Å². The fraction of sp³-hybridized carbons (Fsp3) is 0.385. The number of carbonyl (C=O) groups excluding carboxylic acids is 2. The molecule has 16 heavy (non-hydrogen) atoms. The van der Waals surface area contributed by atoms with Gasteiger partial charge in [0.15, 0.2) is 0 Å². The molecule has 1 aromatic carbocycles. The van der Waals surface area contributed by atoms with Crippen LogP contribution in [0.2, 0.25) is 0 Å². The monoisotopic (exact) mass is 220 g/mol. The van der Waals surface area contributed by atoms with Crippen LogP contribution in [0.1, 0.15) is 24.5 Å². The highest BCUT2D eigenvalue weighted by molar-refractivity contribution is 6.33. The molecule has 0 amide bonds. The molecule has 0 atom stereocenters. The molecule has 86 valence electrons. The maximum Gasteiger partial charge on any atom is 0.374 e. The molecule has 1 rings (SSSR count). The van der Waals surface area contributed by atoms with Gasteiger partial charge in [0.2, 0.25) is 5.78 Å². The van der Waals surface area contributed by atoms with Crippen LogP contribution in [0.5, 0.6) is 0 Å². The quantitative estimate of drug-likeness (QED) is 0.563. The third kappa shape index (κ3) is 3.85. The normalized spacial score (nSPS) is 9.88. The van der Waals surface area contributed by atoms with Crippen molar-refractivity contribution in [2.45, 2.75) is 26.7 Å². The Morgan fingerprint density at radius 1 is 1.31 bits per heavy atom. The van der Waals surface area contributed by atoms with Crippen molar-refractivity contribution in [1.29, 1.82) is 0 Å². The second-order valence-corrected chi connectivity index (χ2v) is 3.63. The molecule has 0 bridgehead atoms. The van der Waals surface area contributed by atoms with E-state index in [1.165, 1.54) is 0 Å². The first-order valence-electron chi connectivity index (χ1n) is 5.39. The highest BCUT2D eigenvalue weighted by Gasteiger charge is 2.14. The number of ether oxygens (including phenoxy) is 1. The zero-order valence-electron chi connectivity index (χ0n) is 9.66. The standard InChI is InChI=1S/C13H16O3/c1-3-16-13(15)12(14)8-7-11-6-4-5-10(2)9-11/h4-6,9H,3,7-8H2,1-2H3. The molecule has 0 saturated heterocycles. The molecule has 0 fully saturated rings. The molecule has 3 heteroatoms. The fourth-order valence-electron chi connectivity index (χ4n) is 1.44. The average molecular weight is 220 g/mol. The summed E-state index contributed by atoms with van der Waals surface area (Å²) in [7, 11) is 0. The molecule has 0 aliphatic heterocycles. The molecule has 0 aliphatic rings. The summed E-state index contributed by atoms with van der Waals surface area (Å²) in [6.45, 7) is 3.93. The van der Waals surface area contributed by atoms with Gasteiger partial charge in [-0.1, -0.05) is 29.8 Å². The van der Waals surface area contributed by atoms with Crippen molar-refractivity contribution < 1.29 is 14.3 Å². The topological polar surface area (TPSA) is 43.4 Å². The molecule has 0 heterocycles. The number of rotatable bonds is 5. The Labute approximate surface area is 95.4 Å². The molecule has 0 unspecified atom stereocenters. The molecule has 0 saturated carbocycles. The van der Waals surface area contributed by atoms with E-state index in [0.717, 1.165) is 11.1 Å². The Morgan fingerprint density at radius 3 is 2.69 bits per heavy atom. The second-order valence-electron chi connectivity index (χ2n) is 3.63. The van der Waals surface area contributed by atoms with Crippen LogP contribution in [0, 0.1) is 6.92 Å². The molecule has 0 radical (unpaired) electrons. The molecular weight excluding hydrogens is 204 g/mol. The van der Waals surface area contributed by atoms with Gasteiger partial charge in [0.05, 0.1) is 6.61 Å². The number of carbonyl (C=O) groups is 2. The van der Waals surface area contributed by atoms with Crippen LogP contribution >= 0.6 is 0 Å². The first-order valence-corrected chi connectivity index (χ1v) is 5.39. The van der Waals surface area contributed by atoms with Gasteiger partial charge >= 0.3 is 5.97 Å². The lowest BCUT2D eigenvalue weighted by Crippen LogP contribution is -2.17. The van der Waals surface area contributed by atoms with Gasteiger partial charge in [-0.3, -0.25) is 4.79 Å². The van der Waals surface area contributed by atoms with Gasteiger partial charge in [-0.25, -0.2) is 4.79 Å². The van der Waals surface area contributed by atoms with Crippen molar-refractivity contribution >= 4 is 11.8 Å². The maximum absolute atomic E-state index is 11.3. The maximum atomic E-state index is 11.3. The van der Waals surface area contributed by atoms with Gasteiger partial charge in [0.25, 0.3) is 0 Å². The van der Waals surface area contributed by atoms with Gasteiger partial charge in [-0.2, -0.15) is 0 Å². The van der Waals surface area contributed by atoms with Crippen LogP contribution in [-0.2, 0) is 20.7 Å². The van der Waals surface area contributed by atoms with E-state index < -0.39 is 11.8 Å². The largest absolute Gasteiger partial charge is 0.460 e. The van der Waals surface area contributed by atoms with E-state index in [1.54, 1.807) is 6.92 Å². The fourth-order valence-corrected chi connectivity index (χ4v) is 1.44. The van der Waals surface area contributed by atoms with E-state index in [9.17, 15) is 9.59 Å². The first kappa shape index (κ1) is 12.4. The van der Waals surface area contributed by atoms with Gasteiger partial charge < -0.3 is 4.74 Å². The van der Waals surface area contributed by atoms with Crippen molar-refractivity contribution in [2.24, 2.45) is 0 Å². The Kier molecular flexibility index (Phi) is 4.70. The lowest BCUT2D eigenvalue weighted by molar-refractivity contribution is -0.153. The lowest BCUT2D eigenvalue weighted by atomic mass is 10.1. The van der Waals surface area contributed by atoms with Crippen LogP contribution in [0.3, 0.4) is 0 Å². The summed E-state index contributed by atoms with van der Waals surface area (Å²) in [5.41, 5.74) is 2.22. The van der Waals surface area contributed by atoms with Crippen LogP contribution < -0.4 is 0 Å². The molecule has 0 aliphatic carbocycles. The predicted octanol–water partition coefficient (Wildman–Crippen LogP) is 2.06. The Hall–Kier alpha value is -1.64. The van der Waals surface area contributed by atoms with Gasteiger partial charge in [-0.15, -0.1) is 0 Å². The minimum atomic E-state index is -0.727. The number of aryl methyl sites for hydroxylation is 2. The summed E-state index contributed by atoms with van der Waals surface area (Å²) >= 11 is 0. The summed E-state index contributed by atoms with van der Waals surface area (Å²) in [5, 5.41) is 0. The highest BCUT2D eigenvalue weighted by Crippen LogP contribution is 2.07. The summed E-state index contributed by atoms with van der Waals surface area (Å²) in [6, 6.07) is 7.90. The van der Waals surface area contributed by atoms with E-state index >= 15 is 0 Å². The number of benzene rings is 1. The zero-order valence-corrected chi connectivity index (χ0v) is 9.66. The smallest absolute Gasteiger partial charge is 0.374 e. The van der Waals surface area contributed by atoms with Crippen LogP contribution in [0.15, 0.2) is 24.3 Å². The lowest BCUT2D eigenvalue weighted by Gasteiger charge is -2.02. The molecule has 1 aromatic rings. The van der Waals surface area contributed by atoms with Crippen LogP contribution in [0.4, 0.5) is 0 Å². The Morgan fingerprint density at radius 2 is 2.06 bits per heavy atom. The summed E-state index contributed by atoms with van der Waals surface area (Å²) < 4.78 is 4.63. The first-order chi connectivity index (χ1) is 7.63. The van der Waals surface area contributed by atoms with Crippen molar-refractivity contribution in [3.05, 3.63) is 35.4 Å². The van der Waals surface area contributed by atoms with E-state index in [4.69, 9.17) is 0 Å². The number of esters is 1. The number of ketones is 1. The van der Waals surface area contributed by atoms with E-state index in [0.29, 0.717) is 6.42 Å². The molecule has 0 aromatic heterocycles. The van der Waals surface area contributed by atoms with Crippen molar-refractivity contribution in [2.75, 3.05) is 6.61 Å². The second kappa shape index (κ2) is 6.05. The van der Waals surface area contributed by atoms with E-state index in [2.05, 4.69) is 4.74 Å². The van der Waals surface area contributed by atoms with Gasteiger partial charge in [0.1, 0.15) is 0 Å². The molecular formula is C13H16O3. The SMILES string of the molecule is CCOC(=O)C(=O)CCc1cccc(C)c1. The zero-order chi connectivity index (χ0) is 12.0. The number of Topliss-reactive ketones (excluding diaryl/α,β-unsaturated/α-hetero) is 1. The molecule has 0 N–H and O–H groups in total. The molecule has 0 spiro atoms. The average Bonchev–Trinajstić information content (AvgIpc) is 2.26. The predicted molar refractivity (Wildman–Crippen MR) is 61.1 cm³/mol. The van der Waals surface area contributed by atoms with E-state index in [-0.39, 0.29) is 13.0 Å². The Bertz CT molecular complexity index is 383. The minimum absolute atomic E-state index is 0.211. The summed E-state index contributed by atoms with van der Waals surface area (Å²) in [6.07, 6.45) is 0.793. The Balaban J connectivity index is 2.46. The third-order valence-corrected chi connectivity index (χ3v) is 2.23. The summed E-state index contributed by atoms with van der Waals surface area (Å²) in [4.78, 5) is 22.4.